The number of amides is 1. The van der Waals surface area contributed by atoms with Gasteiger partial charge in [-0.2, -0.15) is 0 Å². The van der Waals surface area contributed by atoms with Crippen molar-refractivity contribution < 1.29 is 22.0 Å². The fourth-order valence-corrected chi connectivity index (χ4v) is 3.93. The second-order valence-electron chi connectivity index (χ2n) is 6.75. The van der Waals surface area contributed by atoms with Crippen LogP contribution in [0.25, 0.3) is 0 Å². The number of thioether (sulfide) groups is 1. The average Bonchev–Trinajstić information content (AvgIpc) is 2.84. The van der Waals surface area contributed by atoms with Crippen LogP contribution in [0, 0.1) is 18.6 Å². The zero-order valence-electron chi connectivity index (χ0n) is 16.9. The van der Waals surface area contributed by atoms with E-state index in [1.165, 1.54) is 36.9 Å². The Morgan fingerprint density at radius 3 is 2.56 bits per heavy atom. The van der Waals surface area contributed by atoms with Gasteiger partial charge in [-0.3, -0.25) is 9.79 Å². The Morgan fingerprint density at radius 2 is 1.88 bits per heavy atom. The molecule has 0 saturated carbocycles. The number of primary sulfonamides is 1. The Hall–Kier alpha value is -3.02. The van der Waals surface area contributed by atoms with Crippen LogP contribution >= 0.6 is 11.8 Å². The highest BCUT2D eigenvalue weighted by Gasteiger charge is 2.20. The van der Waals surface area contributed by atoms with E-state index in [1.807, 2.05) is 6.08 Å². The summed E-state index contributed by atoms with van der Waals surface area (Å²) in [5, 5.41) is 11.2. The third-order valence-corrected chi connectivity index (χ3v) is 6.16. The minimum Gasteiger partial charge on any atom is -0.335 e. The summed E-state index contributed by atoms with van der Waals surface area (Å²) < 4.78 is 51.0. The highest BCUT2D eigenvalue weighted by molar-refractivity contribution is 8.14. The monoisotopic (exact) mass is 478 g/mol. The van der Waals surface area contributed by atoms with Crippen LogP contribution in [0.1, 0.15) is 15.9 Å². The van der Waals surface area contributed by atoms with Gasteiger partial charge in [-0.15, -0.1) is 0 Å². The maximum absolute atomic E-state index is 14.3. The number of rotatable bonds is 4. The van der Waals surface area contributed by atoms with Crippen molar-refractivity contribution in [3.63, 3.8) is 0 Å². The highest BCUT2D eigenvalue weighted by atomic mass is 32.2. The van der Waals surface area contributed by atoms with Crippen molar-refractivity contribution in [2.45, 2.75) is 11.8 Å². The Balaban J connectivity index is 1.75. The summed E-state index contributed by atoms with van der Waals surface area (Å²) in [7, 11) is -3.79. The molecule has 4 N–H and O–H groups in total. The molecule has 2 aromatic carbocycles. The van der Waals surface area contributed by atoms with E-state index in [0.717, 1.165) is 6.07 Å². The average molecular weight is 479 g/mol. The van der Waals surface area contributed by atoms with Gasteiger partial charge in [-0.1, -0.05) is 30.0 Å². The lowest BCUT2D eigenvalue weighted by Gasteiger charge is -2.12. The lowest BCUT2D eigenvalue weighted by Crippen LogP contribution is -2.27. The molecule has 168 valence electrons. The first kappa shape index (κ1) is 23.6. The van der Waals surface area contributed by atoms with Gasteiger partial charge < -0.3 is 10.6 Å². The van der Waals surface area contributed by atoms with Gasteiger partial charge in [-0.25, -0.2) is 22.3 Å². The van der Waals surface area contributed by atoms with Crippen molar-refractivity contribution in [3.05, 3.63) is 83.1 Å². The number of anilines is 1. The number of nitrogens with two attached hydrogens (primary N) is 1. The Kier molecular flexibility index (Phi) is 7.44. The molecule has 0 fully saturated rings. The topological polar surface area (TPSA) is 114 Å². The lowest BCUT2D eigenvalue weighted by atomic mass is 10.1. The van der Waals surface area contributed by atoms with Crippen molar-refractivity contribution in [1.29, 1.82) is 0 Å². The smallest absolute Gasteiger partial charge is 0.261 e. The number of aryl methyl sites for hydroxylation is 1. The van der Waals surface area contributed by atoms with Crippen molar-refractivity contribution in [3.8, 4) is 0 Å². The molecule has 0 aliphatic carbocycles. The van der Waals surface area contributed by atoms with Crippen LogP contribution in [-0.4, -0.2) is 31.8 Å². The molecule has 11 heteroatoms. The Labute approximate surface area is 188 Å². The minimum atomic E-state index is -3.79. The number of carbonyl (C=O) groups is 1. The van der Waals surface area contributed by atoms with E-state index < -0.39 is 33.1 Å². The number of hydrogen-bond donors (Lipinski definition) is 3. The highest BCUT2D eigenvalue weighted by Crippen LogP contribution is 2.18. The first-order chi connectivity index (χ1) is 15.1. The number of hydrogen-bond acceptors (Lipinski definition) is 6. The second-order valence-corrected chi connectivity index (χ2v) is 9.32. The van der Waals surface area contributed by atoms with Crippen molar-refractivity contribution in [1.82, 2.24) is 5.32 Å². The molecule has 7 nitrogen and oxygen atoms in total. The van der Waals surface area contributed by atoms with Crippen LogP contribution in [0.5, 0.6) is 0 Å². The molecule has 0 bridgehead atoms. The van der Waals surface area contributed by atoms with E-state index in [1.54, 1.807) is 24.3 Å². The van der Waals surface area contributed by atoms with Gasteiger partial charge in [-0.05, 0) is 48.9 Å². The third-order valence-electron chi connectivity index (χ3n) is 4.36. The van der Waals surface area contributed by atoms with Crippen molar-refractivity contribution in [2.75, 3.05) is 17.6 Å². The zero-order chi connectivity index (χ0) is 23.3. The summed E-state index contributed by atoms with van der Waals surface area (Å²) in [6.07, 6.45) is 5.15. The second kappa shape index (κ2) is 10.1. The summed E-state index contributed by atoms with van der Waals surface area (Å²) in [6.45, 7) is 1.48. The quantitative estimate of drug-likeness (QED) is 0.624. The molecule has 2 aromatic rings. The molecule has 3 rings (SSSR count). The Bertz CT molecular complexity index is 1220. The number of carbonyl (C=O) groups excluding carboxylic acids is 1. The molecule has 1 heterocycles. The van der Waals surface area contributed by atoms with Gasteiger partial charge in [0.1, 0.15) is 17.2 Å². The standard InChI is InChI=1S/C21H20F2N4O3S2/c1-13-5-10-17(22)18(19(13)23)20(28)26-15-4-2-3-11-31-21(25-12-15)27-14-6-8-16(9-7-14)32(24,29)30/h2-10H,11-12H2,1H3,(H,25,27)(H,26,28)(H2,24,29,30)/b3-2-,15-4+. The van der Waals surface area contributed by atoms with Crippen LogP contribution in [0.2, 0.25) is 0 Å². The first-order valence-corrected chi connectivity index (χ1v) is 11.9. The predicted molar refractivity (Wildman–Crippen MR) is 122 cm³/mol. The molecule has 0 saturated heterocycles. The summed E-state index contributed by atoms with van der Waals surface area (Å²) in [5.74, 6) is -2.20. The maximum Gasteiger partial charge on any atom is 0.261 e. The SMILES string of the molecule is Cc1ccc(F)c(C(=O)N/C2=C/C=C\CSC(Nc3ccc(S(N)(=O)=O)cc3)=NC2)c1F. The van der Waals surface area contributed by atoms with E-state index >= 15 is 0 Å². The van der Waals surface area contributed by atoms with E-state index in [-0.39, 0.29) is 17.0 Å². The van der Waals surface area contributed by atoms with Gasteiger partial charge >= 0.3 is 0 Å². The fraction of sp³-hybridized carbons (Fsp3) is 0.143. The molecule has 32 heavy (non-hydrogen) atoms. The van der Waals surface area contributed by atoms with E-state index in [0.29, 0.717) is 22.3 Å². The summed E-state index contributed by atoms with van der Waals surface area (Å²) in [6, 6.07) is 8.14. The number of allylic oxidation sites excluding steroid dienone is 2. The van der Waals surface area contributed by atoms with Crippen LogP contribution < -0.4 is 15.8 Å². The Morgan fingerprint density at radius 1 is 1.16 bits per heavy atom. The number of benzene rings is 2. The molecule has 0 spiro atoms. The van der Waals surface area contributed by atoms with Gasteiger partial charge in [0.05, 0.1) is 11.4 Å². The van der Waals surface area contributed by atoms with Crippen LogP contribution in [-0.2, 0) is 10.0 Å². The van der Waals surface area contributed by atoms with Gasteiger partial charge in [0.25, 0.3) is 5.91 Å². The van der Waals surface area contributed by atoms with Crippen LogP contribution in [0.15, 0.2) is 70.2 Å². The van der Waals surface area contributed by atoms with Gasteiger partial charge in [0, 0.05) is 17.1 Å². The maximum atomic E-state index is 14.3. The molecular formula is C21H20F2N4O3S2. The lowest BCUT2D eigenvalue weighted by molar-refractivity contribution is 0.0957. The van der Waals surface area contributed by atoms with Crippen molar-refractivity contribution >= 4 is 38.5 Å². The molecule has 0 radical (unpaired) electrons. The molecular weight excluding hydrogens is 458 g/mol. The summed E-state index contributed by atoms with van der Waals surface area (Å²) in [4.78, 5) is 16.9. The van der Waals surface area contributed by atoms with E-state index in [9.17, 15) is 22.0 Å². The van der Waals surface area contributed by atoms with Crippen molar-refractivity contribution in [2.24, 2.45) is 10.1 Å². The minimum absolute atomic E-state index is 0.0152. The molecule has 0 atom stereocenters. The van der Waals surface area contributed by atoms with Crippen LogP contribution in [0.3, 0.4) is 0 Å². The molecule has 0 unspecified atom stereocenters. The van der Waals surface area contributed by atoms with Gasteiger partial charge in [0.2, 0.25) is 10.0 Å². The number of nitrogens with zero attached hydrogens (tertiary/aromatic N) is 1. The van der Waals surface area contributed by atoms with E-state index in [2.05, 4.69) is 15.6 Å². The van der Waals surface area contributed by atoms with Gasteiger partial charge in [0.15, 0.2) is 5.17 Å². The number of aliphatic imine (C=N–C) groups is 1. The molecule has 1 amide bonds. The number of nitrogens with one attached hydrogen (secondary N) is 2. The number of sulfonamides is 1. The number of amidine groups is 1. The summed E-state index contributed by atoms with van der Waals surface area (Å²) in [5.41, 5.74) is 0.443. The largest absolute Gasteiger partial charge is 0.335 e. The molecule has 1 aliphatic heterocycles. The fourth-order valence-electron chi connectivity index (χ4n) is 2.70. The molecule has 1 aliphatic rings. The van der Waals surface area contributed by atoms with E-state index in [4.69, 9.17) is 5.14 Å². The first-order valence-electron chi connectivity index (χ1n) is 9.34. The summed E-state index contributed by atoms with van der Waals surface area (Å²) >= 11 is 1.38. The van der Waals surface area contributed by atoms with Crippen LogP contribution in [0.4, 0.5) is 14.5 Å². The predicted octanol–water partition coefficient (Wildman–Crippen LogP) is 3.31. The molecule has 0 aromatic heterocycles. The normalized spacial score (nSPS) is 17.1. The third kappa shape index (κ3) is 6.02. The number of halogens is 2. The zero-order valence-corrected chi connectivity index (χ0v) is 18.6.